The standard InChI is InChI=1S/C23H28N4O3S/c1-16(2)13-26-9-10-30-17(14-26)12-24-21(28)15-27-23(29)19-7-4-3-6-18(19)22(25-27)20-8-5-11-31-20/h3-8,11,16-17H,9-10,12-15H2,1-2H3,(H,24,28). The smallest absolute Gasteiger partial charge is 0.275 e. The largest absolute Gasteiger partial charge is 0.374 e. The molecule has 1 amide bonds. The Morgan fingerprint density at radius 1 is 1.26 bits per heavy atom. The molecular weight excluding hydrogens is 412 g/mol. The third kappa shape index (κ3) is 5.20. The first kappa shape index (κ1) is 21.7. The van der Waals surface area contributed by atoms with E-state index >= 15 is 0 Å². The lowest BCUT2D eigenvalue weighted by atomic mass is 10.1. The van der Waals surface area contributed by atoms with Crippen LogP contribution in [0, 0.1) is 5.92 Å². The van der Waals surface area contributed by atoms with Gasteiger partial charge in [-0.05, 0) is 23.4 Å². The van der Waals surface area contributed by atoms with Crippen LogP contribution >= 0.6 is 11.3 Å². The molecule has 4 rings (SSSR count). The first-order valence-electron chi connectivity index (χ1n) is 10.7. The van der Waals surface area contributed by atoms with Crippen molar-refractivity contribution in [2.45, 2.75) is 26.5 Å². The summed E-state index contributed by atoms with van der Waals surface area (Å²) in [4.78, 5) is 28.9. The average molecular weight is 441 g/mol. The number of rotatable bonds is 7. The number of aromatic nitrogens is 2. The fourth-order valence-electron chi connectivity index (χ4n) is 3.94. The summed E-state index contributed by atoms with van der Waals surface area (Å²) in [5.41, 5.74) is 0.459. The summed E-state index contributed by atoms with van der Waals surface area (Å²) in [5.74, 6) is 0.350. The fourth-order valence-corrected chi connectivity index (χ4v) is 4.67. The van der Waals surface area contributed by atoms with Crippen LogP contribution in [0.2, 0.25) is 0 Å². The second-order valence-corrected chi connectivity index (χ2v) is 9.23. The Labute approximate surface area is 185 Å². The summed E-state index contributed by atoms with van der Waals surface area (Å²) in [5, 5.41) is 10.8. The molecule has 7 nitrogen and oxygen atoms in total. The number of ether oxygens (including phenoxy) is 1. The van der Waals surface area contributed by atoms with Crippen molar-refractivity contribution in [1.29, 1.82) is 0 Å². The minimum Gasteiger partial charge on any atom is -0.374 e. The fraction of sp³-hybridized carbons (Fsp3) is 0.435. The topological polar surface area (TPSA) is 76.5 Å². The van der Waals surface area contributed by atoms with Crippen molar-refractivity contribution >= 4 is 28.0 Å². The molecule has 0 spiro atoms. The van der Waals surface area contributed by atoms with Gasteiger partial charge in [-0.25, -0.2) is 4.68 Å². The summed E-state index contributed by atoms with van der Waals surface area (Å²) >= 11 is 1.56. The normalized spacial score (nSPS) is 17.3. The average Bonchev–Trinajstić information content (AvgIpc) is 3.29. The van der Waals surface area contributed by atoms with Crippen molar-refractivity contribution in [3.05, 3.63) is 52.1 Å². The van der Waals surface area contributed by atoms with Crippen LogP contribution in [0.3, 0.4) is 0 Å². The third-order valence-corrected chi connectivity index (χ3v) is 6.17. The Morgan fingerprint density at radius 2 is 2.06 bits per heavy atom. The number of carbonyl (C=O) groups excluding carboxylic acids is 1. The Balaban J connectivity index is 1.47. The van der Waals surface area contributed by atoms with Crippen LogP contribution in [0.4, 0.5) is 0 Å². The van der Waals surface area contributed by atoms with Crippen molar-refractivity contribution in [2.24, 2.45) is 5.92 Å². The van der Waals surface area contributed by atoms with Gasteiger partial charge < -0.3 is 10.1 Å². The van der Waals surface area contributed by atoms with Crippen LogP contribution < -0.4 is 10.9 Å². The molecule has 31 heavy (non-hydrogen) atoms. The van der Waals surface area contributed by atoms with Gasteiger partial charge in [-0.2, -0.15) is 5.10 Å². The van der Waals surface area contributed by atoms with Gasteiger partial charge in [-0.1, -0.05) is 38.1 Å². The van der Waals surface area contributed by atoms with Gasteiger partial charge in [-0.15, -0.1) is 11.3 Å². The predicted octanol–water partition coefficient (Wildman–Crippen LogP) is 2.60. The summed E-state index contributed by atoms with van der Waals surface area (Å²) < 4.78 is 7.06. The molecule has 1 saturated heterocycles. The molecule has 8 heteroatoms. The van der Waals surface area contributed by atoms with E-state index in [1.165, 1.54) is 4.68 Å². The van der Waals surface area contributed by atoms with Crippen LogP contribution in [0.15, 0.2) is 46.6 Å². The molecule has 1 unspecified atom stereocenters. The molecule has 1 atom stereocenters. The number of fused-ring (bicyclic) bond motifs is 1. The quantitative estimate of drug-likeness (QED) is 0.611. The van der Waals surface area contributed by atoms with E-state index in [-0.39, 0.29) is 24.1 Å². The van der Waals surface area contributed by atoms with Gasteiger partial charge in [0.15, 0.2) is 0 Å². The highest BCUT2D eigenvalue weighted by Crippen LogP contribution is 2.28. The van der Waals surface area contributed by atoms with Crippen molar-refractivity contribution in [1.82, 2.24) is 20.0 Å². The predicted molar refractivity (Wildman–Crippen MR) is 123 cm³/mol. The van der Waals surface area contributed by atoms with Crippen molar-refractivity contribution in [3.63, 3.8) is 0 Å². The van der Waals surface area contributed by atoms with Crippen LogP contribution in [-0.2, 0) is 16.1 Å². The number of nitrogens with zero attached hydrogens (tertiary/aromatic N) is 3. The highest BCUT2D eigenvalue weighted by Gasteiger charge is 2.22. The highest BCUT2D eigenvalue weighted by molar-refractivity contribution is 7.13. The van der Waals surface area contributed by atoms with E-state index < -0.39 is 0 Å². The van der Waals surface area contributed by atoms with Gasteiger partial charge in [-0.3, -0.25) is 14.5 Å². The van der Waals surface area contributed by atoms with Crippen molar-refractivity contribution in [3.8, 4) is 10.6 Å². The van der Waals surface area contributed by atoms with Crippen molar-refractivity contribution < 1.29 is 9.53 Å². The Bertz CT molecular complexity index is 1090. The molecule has 0 bridgehead atoms. The molecule has 1 N–H and O–H groups in total. The zero-order valence-corrected chi connectivity index (χ0v) is 18.7. The number of amides is 1. The minimum atomic E-state index is -0.261. The zero-order chi connectivity index (χ0) is 21.8. The van der Waals surface area contributed by atoms with E-state index in [9.17, 15) is 9.59 Å². The molecule has 3 aromatic rings. The number of carbonyl (C=O) groups is 1. The molecule has 1 aliphatic rings. The SMILES string of the molecule is CC(C)CN1CCOC(CNC(=O)Cn2nc(-c3cccs3)c3ccccc3c2=O)C1. The number of nitrogens with one attached hydrogen (secondary N) is 1. The number of morpholine rings is 1. The third-order valence-electron chi connectivity index (χ3n) is 5.29. The molecule has 0 saturated carbocycles. The monoisotopic (exact) mass is 440 g/mol. The first-order valence-corrected chi connectivity index (χ1v) is 11.5. The maximum Gasteiger partial charge on any atom is 0.275 e. The second kappa shape index (κ2) is 9.72. The zero-order valence-electron chi connectivity index (χ0n) is 17.9. The second-order valence-electron chi connectivity index (χ2n) is 8.28. The molecule has 1 aliphatic heterocycles. The Hall–Kier alpha value is -2.55. The number of hydrogen-bond donors (Lipinski definition) is 1. The number of hydrogen-bond acceptors (Lipinski definition) is 6. The van der Waals surface area contributed by atoms with Gasteiger partial charge in [0.25, 0.3) is 5.56 Å². The lowest BCUT2D eigenvalue weighted by Crippen LogP contribution is -2.49. The van der Waals surface area contributed by atoms with E-state index in [1.54, 1.807) is 17.4 Å². The number of thiophene rings is 1. The lowest BCUT2D eigenvalue weighted by Gasteiger charge is -2.33. The van der Waals surface area contributed by atoms with Gasteiger partial charge in [0, 0.05) is 31.6 Å². The van der Waals surface area contributed by atoms with Gasteiger partial charge in [0.1, 0.15) is 12.2 Å². The summed E-state index contributed by atoms with van der Waals surface area (Å²) in [6.07, 6.45) is -0.0422. The Morgan fingerprint density at radius 3 is 2.81 bits per heavy atom. The van der Waals surface area contributed by atoms with Gasteiger partial charge in [0.05, 0.1) is 23.0 Å². The summed E-state index contributed by atoms with van der Waals surface area (Å²) in [6.45, 7) is 8.12. The molecule has 164 valence electrons. The molecule has 1 aromatic carbocycles. The van der Waals surface area contributed by atoms with E-state index in [2.05, 4.69) is 29.2 Å². The summed E-state index contributed by atoms with van der Waals surface area (Å²) in [6, 6.07) is 11.3. The molecule has 3 heterocycles. The van der Waals surface area contributed by atoms with Crippen LogP contribution in [0.1, 0.15) is 13.8 Å². The van der Waals surface area contributed by atoms with Crippen LogP contribution in [0.25, 0.3) is 21.3 Å². The van der Waals surface area contributed by atoms with E-state index in [0.717, 1.165) is 35.6 Å². The van der Waals surface area contributed by atoms with E-state index in [1.807, 2.05) is 35.7 Å². The lowest BCUT2D eigenvalue weighted by molar-refractivity contribution is -0.123. The van der Waals surface area contributed by atoms with Crippen LogP contribution in [0.5, 0.6) is 0 Å². The maximum absolute atomic E-state index is 12.9. The number of benzene rings is 1. The van der Waals surface area contributed by atoms with Crippen molar-refractivity contribution in [2.75, 3.05) is 32.8 Å². The van der Waals surface area contributed by atoms with E-state index in [0.29, 0.717) is 24.5 Å². The molecule has 0 radical (unpaired) electrons. The van der Waals surface area contributed by atoms with E-state index in [4.69, 9.17) is 4.74 Å². The highest BCUT2D eigenvalue weighted by atomic mass is 32.1. The minimum absolute atomic E-state index is 0.0422. The van der Waals surface area contributed by atoms with Crippen LogP contribution in [-0.4, -0.2) is 59.5 Å². The maximum atomic E-state index is 12.9. The summed E-state index contributed by atoms with van der Waals surface area (Å²) in [7, 11) is 0. The molecule has 2 aromatic heterocycles. The van der Waals surface area contributed by atoms with Gasteiger partial charge >= 0.3 is 0 Å². The van der Waals surface area contributed by atoms with Gasteiger partial charge in [0.2, 0.25) is 5.91 Å². The first-order chi connectivity index (χ1) is 15.0. The Kier molecular flexibility index (Phi) is 6.80. The molecule has 1 fully saturated rings. The molecular formula is C23H28N4O3S. The molecule has 0 aliphatic carbocycles.